The number of carboxylic acids is 1. The van der Waals surface area contributed by atoms with Crippen molar-refractivity contribution in [1.29, 1.82) is 0 Å². The average Bonchev–Trinajstić information content (AvgIpc) is 3.45. The predicted molar refractivity (Wildman–Crippen MR) is 164 cm³/mol. The second-order valence-corrected chi connectivity index (χ2v) is 14.2. The van der Waals surface area contributed by atoms with Gasteiger partial charge < -0.3 is 10.0 Å². The molecule has 3 aromatic heterocycles. The van der Waals surface area contributed by atoms with Crippen molar-refractivity contribution < 1.29 is 31.5 Å². The van der Waals surface area contributed by atoms with E-state index in [-0.39, 0.29) is 35.4 Å². The Balaban J connectivity index is 1.44. The summed E-state index contributed by atoms with van der Waals surface area (Å²) in [5.41, 5.74) is 3.23. The van der Waals surface area contributed by atoms with Gasteiger partial charge in [-0.1, -0.05) is 25.1 Å². The molecular weight excluding hydrogens is 621 g/mol. The number of aryl methyl sites for hydroxylation is 3. The van der Waals surface area contributed by atoms with E-state index in [0.29, 0.717) is 28.1 Å². The van der Waals surface area contributed by atoms with Crippen molar-refractivity contribution in [3.63, 3.8) is 0 Å². The number of pyridine rings is 2. The molecule has 0 radical (unpaired) electrons. The molecule has 1 saturated heterocycles. The van der Waals surface area contributed by atoms with Crippen LogP contribution in [0.1, 0.15) is 71.4 Å². The Kier molecular flexibility index (Phi) is 8.08. The van der Waals surface area contributed by atoms with E-state index in [1.807, 2.05) is 19.1 Å². The number of fused-ring (bicyclic) bond motifs is 4. The zero-order valence-corrected chi connectivity index (χ0v) is 26.7. The molecule has 0 spiro atoms. The van der Waals surface area contributed by atoms with E-state index in [9.17, 15) is 31.5 Å². The van der Waals surface area contributed by atoms with Gasteiger partial charge in [-0.3, -0.25) is 9.20 Å². The van der Waals surface area contributed by atoms with Gasteiger partial charge in [0.1, 0.15) is 10.7 Å². The minimum absolute atomic E-state index is 0.00257. The topological polar surface area (TPSA) is 121 Å². The lowest BCUT2D eigenvalue weighted by atomic mass is 9.79. The first-order chi connectivity index (χ1) is 21.7. The van der Waals surface area contributed by atoms with E-state index < -0.39 is 39.8 Å². The van der Waals surface area contributed by atoms with Crippen LogP contribution in [-0.4, -0.2) is 62.5 Å². The molecule has 1 aromatic carbocycles. The molecule has 2 aliphatic rings. The summed E-state index contributed by atoms with van der Waals surface area (Å²) in [6.45, 7) is 7.60. The molecule has 4 aromatic rings. The number of hydrogen-bond acceptors (Lipinski definition) is 7. The monoisotopic (exact) mass is 656 g/mol. The summed E-state index contributed by atoms with van der Waals surface area (Å²) in [4.78, 5) is 19.2. The maximum absolute atomic E-state index is 14.1. The normalized spacial score (nSPS) is 19.7. The zero-order chi connectivity index (χ0) is 33.1. The summed E-state index contributed by atoms with van der Waals surface area (Å²) in [6.07, 6.45) is -0.346. The number of halogens is 3. The highest BCUT2D eigenvalue weighted by Crippen LogP contribution is 2.40. The quantitative estimate of drug-likeness (QED) is 0.290. The highest BCUT2D eigenvalue weighted by Gasteiger charge is 2.40. The van der Waals surface area contributed by atoms with Crippen LogP contribution in [0.5, 0.6) is 0 Å². The molecule has 2 unspecified atom stereocenters. The van der Waals surface area contributed by atoms with Crippen LogP contribution in [0.15, 0.2) is 47.5 Å². The van der Waals surface area contributed by atoms with Crippen LogP contribution in [-0.2, 0) is 27.5 Å². The van der Waals surface area contributed by atoms with Gasteiger partial charge in [0.05, 0.1) is 5.92 Å². The van der Waals surface area contributed by atoms with Gasteiger partial charge in [-0.15, -0.1) is 10.2 Å². The Hall–Kier alpha value is -4.04. The van der Waals surface area contributed by atoms with Crippen LogP contribution in [0.4, 0.5) is 19.0 Å². The van der Waals surface area contributed by atoms with Crippen molar-refractivity contribution in [1.82, 2.24) is 23.9 Å². The Morgan fingerprint density at radius 3 is 2.59 bits per heavy atom. The van der Waals surface area contributed by atoms with E-state index in [0.717, 1.165) is 35.8 Å². The van der Waals surface area contributed by atoms with Crippen molar-refractivity contribution in [2.75, 3.05) is 18.0 Å². The molecule has 5 heterocycles. The van der Waals surface area contributed by atoms with Crippen molar-refractivity contribution >= 4 is 27.5 Å². The first-order valence-corrected chi connectivity index (χ1v) is 16.6. The van der Waals surface area contributed by atoms with E-state index in [2.05, 4.69) is 20.1 Å². The average molecular weight is 657 g/mol. The van der Waals surface area contributed by atoms with Gasteiger partial charge >= 0.3 is 12.1 Å². The Labute approximate surface area is 264 Å². The third-order valence-corrected chi connectivity index (χ3v) is 11.2. The van der Waals surface area contributed by atoms with Gasteiger partial charge in [-0.25, -0.2) is 13.4 Å². The summed E-state index contributed by atoms with van der Waals surface area (Å²) < 4.78 is 71.7. The zero-order valence-electron chi connectivity index (χ0n) is 25.9. The van der Waals surface area contributed by atoms with Gasteiger partial charge in [-0.2, -0.15) is 17.5 Å². The predicted octanol–water partition coefficient (Wildman–Crippen LogP) is 5.48. The van der Waals surface area contributed by atoms with Crippen LogP contribution in [0, 0.1) is 26.7 Å². The SMILES string of the molecule is Cc1ccc([C@@H](c2cc(C)n3c(C(F)(F)F)nnc3c2C)C(C)C(=O)O)cc1CN1CC2CCCCN2c2ncccc2S1(=O)=O. The number of aromatic nitrogens is 4. The highest BCUT2D eigenvalue weighted by molar-refractivity contribution is 7.89. The number of aliphatic carboxylic acids is 1. The van der Waals surface area contributed by atoms with Crippen LogP contribution in [0.3, 0.4) is 0 Å². The van der Waals surface area contributed by atoms with E-state index >= 15 is 0 Å². The maximum atomic E-state index is 14.1. The molecule has 1 N–H and O–H groups in total. The van der Waals surface area contributed by atoms with Gasteiger partial charge in [0.2, 0.25) is 15.8 Å². The number of carbonyl (C=O) groups is 1. The molecule has 1 fully saturated rings. The summed E-state index contributed by atoms with van der Waals surface area (Å²) in [5, 5.41) is 17.4. The second kappa shape index (κ2) is 11.6. The molecule has 0 bridgehead atoms. The fourth-order valence-corrected chi connectivity index (χ4v) is 8.52. The molecule has 0 aliphatic carbocycles. The molecule has 14 heteroatoms. The van der Waals surface area contributed by atoms with Crippen LogP contribution in [0.25, 0.3) is 5.65 Å². The maximum Gasteiger partial charge on any atom is 0.452 e. The molecule has 0 saturated carbocycles. The summed E-state index contributed by atoms with van der Waals surface area (Å²) in [5.74, 6) is -3.51. The molecule has 0 amide bonds. The number of carboxylic acid groups (broad SMARTS) is 1. The molecular formula is C32H35F3N6O4S. The fraction of sp³-hybridized carbons (Fsp3) is 0.438. The van der Waals surface area contributed by atoms with Crippen molar-refractivity contribution in [2.24, 2.45) is 5.92 Å². The van der Waals surface area contributed by atoms with Gasteiger partial charge in [0.25, 0.3) is 0 Å². The Morgan fingerprint density at radius 2 is 1.87 bits per heavy atom. The third kappa shape index (κ3) is 5.40. The first kappa shape index (κ1) is 31.9. The number of benzene rings is 1. The van der Waals surface area contributed by atoms with Crippen LogP contribution < -0.4 is 4.90 Å². The fourth-order valence-electron chi connectivity index (χ4n) is 6.91. The molecule has 46 heavy (non-hydrogen) atoms. The number of rotatable bonds is 6. The second-order valence-electron chi connectivity index (χ2n) is 12.3. The lowest BCUT2D eigenvalue weighted by Crippen LogP contribution is -2.45. The summed E-state index contributed by atoms with van der Waals surface area (Å²) in [6, 6.07) is 10.2. The van der Waals surface area contributed by atoms with Crippen molar-refractivity contribution in [2.45, 2.75) is 76.5 Å². The highest BCUT2D eigenvalue weighted by atomic mass is 32.2. The Bertz CT molecular complexity index is 1940. The molecule has 10 nitrogen and oxygen atoms in total. The van der Waals surface area contributed by atoms with Crippen molar-refractivity contribution in [3.05, 3.63) is 81.9 Å². The summed E-state index contributed by atoms with van der Waals surface area (Å²) >= 11 is 0. The van der Waals surface area contributed by atoms with Gasteiger partial charge in [-0.05, 0) is 86.1 Å². The minimum atomic E-state index is -4.73. The number of alkyl halides is 3. The number of hydrogen-bond donors (Lipinski definition) is 1. The molecule has 2 aliphatic heterocycles. The molecule has 244 valence electrons. The van der Waals surface area contributed by atoms with Gasteiger partial charge in [0.15, 0.2) is 5.65 Å². The number of sulfonamides is 1. The molecule has 3 atom stereocenters. The Morgan fingerprint density at radius 1 is 1.11 bits per heavy atom. The standard InChI is InChI=1S/C32H35F3N6O4S/c1-18-10-11-22(27(21(4)30(42)43)25-14-19(2)41-28(20(25)3)37-38-31(41)32(33,34)35)15-23(18)16-39-17-24-8-5-6-13-40(24)29-26(46(39,44)45)9-7-12-36-29/h7,9-12,14-15,21,24,27H,5-6,8,13,16-17H2,1-4H3,(H,42,43)/t21?,24?,27-/m0/s1. The van der Waals surface area contributed by atoms with Crippen molar-refractivity contribution in [3.8, 4) is 0 Å². The van der Waals surface area contributed by atoms with E-state index in [1.54, 1.807) is 44.3 Å². The smallest absolute Gasteiger partial charge is 0.452 e. The van der Waals surface area contributed by atoms with Crippen LogP contribution in [0.2, 0.25) is 0 Å². The minimum Gasteiger partial charge on any atom is -0.481 e. The van der Waals surface area contributed by atoms with Gasteiger partial charge in [0, 0.05) is 43.5 Å². The number of nitrogens with zero attached hydrogens (tertiary/aromatic N) is 6. The van der Waals surface area contributed by atoms with E-state index in [1.165, 1.54) is 11.2 Å². The first-order valence-electron chi connectivity index (χ1n) is 15.2. The molecule has 6 rings (SSSR count). The van der Waals surface area contributed by atoms with Crippen LogP contribution >= 0.6 is 0 Å². The third-order valence-electron chi connectivity index (χ3n) is 9.39. The summed E-state index contributed by atoms with van der Waals surface area (Å²) in [7, 11) is -3.93. The number of piperidine rings is 1. The lowest BCUT2D eigenvalue weighted by molar-refractivity contribution is -0.145. The largest absolute Gasteiger partial charge is 0.481 e. The lowest BCUT2D eigenvalue weighted by Gasteiger charge is -2.36. The number of anilines is 1. The van der Waals surface area contributed by atoms with E-state index in [4.69, 9.17) is 0 Å².